The first-order chi connectivity index (χ1) is 10.1. The lowest BCUT2D eigenvalue weighted by Gasteiger charge is -2.28. The van der Waals surface area contributed by atoms with Gasteiger partial charge in [-0.05, 0) is 24.6 Å². The Balaban J connectivity index is 3.78. The van der Waals surface area contributed by atoms with Crippen LogP contribution < -0.4 is 0 Å². The van der Waals surface area contributed by atoms with Gasteiger partial charge in [0.25, 0.3) is 0 Å². The van der Waals surface area contributed by atoms with Crippen LogP contribution in [0.1, 0.15) is 67.2 Å². The molecule has 0 aliphatic heterocycles. The van der Waals surface area contributed by atoms with E-state index in [2.05, 4.69) is 41.5 Å². The van der Waals surface area contributed by atoms with Gasteiger partial charge in [0.15, 0.2) is 8.32 Å². The summed E-state index contributed by atoms with van der Waals surface area (Å²) in [6, 6.07) is 9.89. The van der Waals surface area contributed by atoms with Crippen LogP contribution in [0.25, 0.3) is 0 Å². The Bertz CT molecular complexity index is 195. The van der Waals surface area contributed by atoms with Crippen LogP contribution >= 0.6 is 0 Å². The summed E-state index contributed by atoms with van der Waals surface area (Å²) in [5.74, 6) is 0. The zero-order valence-corrected chi connectivity index (χ0v) is 17.9. The van der Waals surface area contributed by atoms with Crippen molar-refractivity contribution in [3.8, 4) is 0 Å². The van der Waals surface area contributed by atoms with E-state index in [4.69, 9.17) is 4.43 Å². The highest BCUT2D eigenvalue weighted by molar-refractivity contribution is 6.79. The van der Waals surface area contributed by atoms with Gasteiger partial charge in [-0.3, -0.25) is 0 Å². The van der Waals surface area contributed by atoms with Gasteiger partial charge >= 0.3 is 0 Å². The molecule has 0 radical (unpaired) electrons. The fourth-order valence-corrected chi connectivity index (χ4v) is 9.83. The molecule has 3 heteroatoms. The standard InChI is InChI=1S/C18H42OSi2/c1-7-20(8-2,9-3)18-16-14-13-15-17-19-21(10-4,11-5)12-6/h7-18H2,1-6H3. The highest BCUT2D eigenvalue weighted by Crippen LogP contribution is 2.28. The number of hydrogen-bond donors (Lipinski definition) is 0. The van der Waals surface area contributed by atoms with E-state index in [1.165, 1.54) is 61.9 Å². The van der Waals surface area contributed by atoms with Crippen LogP contribution in [-0.4, -0.2) is 23.0 Å². The summed E-state index contributed by atoms with van der Waals surface area (Å²) in [6.07, 6.45) is 5.56. The van der Waals surface area contributed by atoms with Crippen LogP contribution in [0.15, 0.2) is 0 Å². The Morgan fingerprint density at radius 1 is 0.571 bits per heavy atom. The first-order valence-corrected chi connectivity index (χ1v) is 15.1. The summed E-state index contributed by atoms with van der Waals surface area (Å²) in [7, 11) is -2.18. The lowest BCUT2D eigenvalue weighted by atomic mass is 10.2. The first-order valence-electron chi connectivity index (χ1n) is 9.71. The number of unbranched alkanes of at least 4 members (excludes halogenated alkanes) is 3. The second kappa shape index (κ2) is 11.9. The Kier molecular flexibility index (Phi) is 12.1. The lowest BCUT2D eigenvalue weighted by molar-refractivity contribution is 0.288. The minimum absolute atomic E-state index is 0.858. The van der Waals surface area contributed by atoms with Crippen molar-refractivity contribution in [2.75, 3.05) is 6.61 Å². The molecule has 0 saturated carbocycles. The molecule has 0 amide bonds. The molecular weight excluding hydrogens is 288 g/mol. The topological polar surface area (TPSA) is 9.23 Å². The predicted molar refractivity (Wildman–Crippen MR) is 104 cm³/mol. The molecule has 128 valence electrons. The molecule has 0 rings (SSSR count). The average molecular weight is 331 g/mol. The Labute approximate surface area is 137 Å². The molecule has 1 nitrogen and oxygen atoms in total. The Morgan fingerprint density at radius 3 is 1.48 bits per heavy atom. The summed E-state index contributed by atoms with van der Waals surface area (Å²) in [5.41, 5.74) is 0. The second-order valence-electron chi connectivity index (χ2n) is 6.82. The first kappa shape index (κ1) is 21.4. The van der Waals surface area contributed by atoms with Crippen molar-refractivity contribution in [3.63, 3.8) is 0 Å². The van der Waals surface area contributed by atoms with Crippen LogP contribution in [0, 0.1) is 0 Å². The summed E-state index contributed by atoms with van der Waals surface area (Å²) >= 11 is 0. The van der Waals surface area contributed by atoms with Crippen LogP contribution in [0.4, 0.5) is 0 Å². The van der Waals surface area contributed by atoms with E-state index < -0.39 is 16.4 Å². The molecule has 0 fully saturated rings. The van der Waals surface area contributed by atoms with E-state index in [-0.39, 0.29) is 0 Å². The molecule has 0 aliphatic carbocycles. The summed E-state index contributed by atoms with van der Waals surface area (Å²) in [6.45, 7) is 15.3. The van der Waals surface area contributed by atoms with E-state index in [0.717, 1.165) is 6.61 Å². The maximum Gasteiger partial charge on any atom is 0.191 e. The molecule has 0 spiro atoms. The summed E-state index contributed by atoms with van der Waals surface area (Å²) < 4.78 is 6.34. The summed E-state index contributed by atoms with van der Waals surface area (Å²) in [4.78, 5) is 0. The van der Waals surface area contributed by atoms with E-state index >= 15 is 0 Å². The fourth-order valence-electron chi connectivity index (χ4n) is 3.58. The van der Waals surface area contributed by atoms with Gasteiger partial charge in [-0.1, -0.05) is 85.0 Å². The van der Waals surface area contributed by atoms with Crippen molar-refractivity contribution >= 4 is 16.4 Å². The SMILES string of the molecule is CC[Si](CC)(CC)CCCCCCO[Si](CC)(CC)CC. The van der Waals surface area contributed by atoms with E-state index in [0.29, 0.717) is 0 Å². The molecule has 0 atom stereocenters. The predicted octanol–water partition coefficient (Wildman–Crippen LogP) is 7.08. The maximum atomic E-state index is 6.34. The maximum absolute atomic E-state index is 6.34. The fraction of sp³-hybridized carbons (Fsp3) is 1.00. The van der Waals surface area contributed by atoms with Crippen LogP contribution in [0.5, 0.6) is 0 Å². The van der Waals surface area contributed by atoms with Gasteiger partial charge in [-0.2, -0.15) is 0 Å². The third kappa shape index (κ3) is 7.47. The lowest BCUT2D eigenvalue weighted by Crippen LogP contribution is -2.36. The van der Waals surface area contributed by atoms with E-state index in [9.17, 15) is 0 Å². The van der Waals surface area contributed by atoms with Gasteiger partial charge < -0.3 is 4.43 Å². The molecule has 0 aliphatic rings. The highest BCUT2D eigenvalue weighted by atomic mass is 28.4. The number of hydrogen-bond acceptors (Lipinski definition) is 1. The molecule has 0 unspecified atom stereocenters. The van der Waals surface area contributed by atoms with Crippen molar-refractivity contribution < 1.29 is 4.43 Å². The van der Waals surface area contributed by atoms with Gasteiger partial charge in [0.1, 0.15) is 0 Å². The molecule has 21 heavy (non-hydrogen) atoms. The quantitative estimate of drug-likeness (QED) is 0.244. The zero-order chi connectivity index (χ0) is 16.2. The van der Waals surface area contributed by atoms with E-state index in [1.54, 1.807) is 6.04 Å². The second-order valence-corrected chi connectivity index (χ2v) is 17.2. The molecule has 0 saturated heterocycles. The molecule has 0 aromatic carbocycles. The molecule has 0 N–H and O–H groups in total. The smallest absolute Gasteiger partial charge is 0.191 e. The van der Waals surface area contributed by atoms with Gasteiger partial charge in [-0.15, -0.1) is 0 Å². The van der Waals surface area contributed by atoms with Gasteiger partial charge in [-0.25, -0.2) is 0 Å². The monoisotopic (exact) mass is 330 g/mol. The average Bonchev–Trinajstić information content (AvgIpc) is 2.55. The van der Waals surface area contributed by atoms with Gasteiger partial charge in [0.2, 0.25) is 0 Å². The van der Waals surface area contributed by atoms with Crippen LogP contribution in [-0.2, 0) is 4.43 Å². The van der Waals surface area contributed by atoms with Gasteiger partial charge in [0.05, 0.1) is 8.07 Å². The number of rotatable bonds is 14. The molecule has 0 bridgehead atoms. The highest BCUT2D eigenvalue weighted by Gasteiger charge is 2.28. The van der Waals surface area contributed by atoms with Crippen LogP contribution in [0.3, 0.4) is 0 Å². The van der Waals surface area contributed by atoms with Crippen molar-refractivity contribution in [2.45, 2.75) is 110 Å². The van der Waals surface area contributed by atoms with E-state index in [1.807, 2.05) is 0 Å². The minimum atomic E-state index is -1.33. The van der Waals surface area contributed by atoms with Crippen molar-refractivity contribution in [1.29, 1.82) is 0 Å². The molecule has 0 aromatic rings. The minimum Gasteiger partial charge on any atom is -0.417 e. The summed E-state index contributed by atoms with van der Waals surface area (Å²) in [5, 5.41) is 0. The third-order valence-electron chi connectivity index (χ3n) is 6.19. The molecule has 0 heterocycles. The van der Waals surface area contributed by atoms with Crippen LogP contribution in [0.2, 0.25) is 42.3 Å². The molecule has 0 aromatic heterocycles. The normalized spacial score (nSPS) is 12.9. The Hall–Kier alpha value is 0.394. The largest absolute Gasteiger partial charge is 0.417 e. The Morgan fingerprint density at radius 2 is 1.05 bits per heavy atom. The molecular formula is C18H42OSi2. The van der Waals surface area contributed by atoms with Crippen molar-refractivity contribution in [1.82, 2.24) is 0 Å². The van der Waals surface area contributed by atoms with Crippen molar-refractivity contribution in [3.05, 3.63) is 0 Å². The third-order valence-corrected chi connectivity index (χ3v) is 16.8. The zero-order valence-electron chi connectivity index (χ0n) is 15.9. The van der Waals surface area contributed by atoms with Crippen molar-refractivity contribution in [2.24, 2.45) is 0 Å². The van der Waals surface area contributed by atoms with Gasteiger partial charge in [0, 0.05) is 6.61 Å².